The van der Waals surface area contributed by atoms with Crippen molar-refractivity contribution in [3.8, 4) is 11.5 Å². The van der Waals surface area contributed by atoms with Crippen LogP contribution in [-0.2, 0) is 17.8 Å². The fourth-order valence-electron chi connectivity index (χ4n) is 3.95. The summed E-state index contributed by atoms with van der Waals surface area (Å²) >= 11 is 0. The zero-order chi connectivity index (χ0) is 19.7. The zero-order valence-electron chi connectivity index (χ0n) is 16.4. The first-order chi connectivity index (χ1) is 13.5. The molecule has 3 amide bonds. The molecule has 0 unspecified atom stereocenters. The van der Waals surface area contributed by atoms with E-state index in [9.17, 15) is 9.59 Å². The van der Waals surface area contributed by atoms with Crippen molar-refractivity contribution in [1.29, 1.82) is 0 Å². The van der Waals surface area contributed by atoms with Crippen LogP contribution < -0.4 is 0 Å². The van der Waals surface area contributed by atoms with Crippen LogP contribution in [0.15, 0.2) is 34.7 Å². The third-order valence-electron chi connectivity index (χ3n) is 5.56. The van der Waals surface area contributed by atoms with E-state index in [0.717, 1.165) is 29.9 Å². The average Bonchev–Trinajstić information content (AvgIpc) is 3.17. The number of aromatic nitrogens is 1. The minimum absolute atomic E-state index is 0.0181. The summed E-state index contributed by atoms with van der Waals surface area (Å²) in [6, 6.07) is 9.85. The highest BCUT2D eigenvalue weighted by Gasteiger charge is 2.33. The fourth-order valence-corrected chi connectivity index (χ4v) is 3.95. The maximum Gasteiger partial charge on any atom is 0.319 e. The second kappa shape index (κ2) is 7.66. The number of likely N-dealkylation sites (tertiary alicyclic amines) is 1. The number of rotatable bonds is 2. The van der Waals surface area contributed by atoms with Gasteiger partial charge in [-0.25, -0.2) is 9.78 Å². The van der Waals surface area contributed by atoms with Gasteiger partial charge in [0.15, 0.2) is 0 Å². The third kappa shape index (κ3) is 3.61. The lowest BCUT2D eigenvalue weighted by Gasteiger charge is -2.36. The van der Waals surface area contributed by atoms with Gasteiger partial charge in [-0.2, -0.15) is 0 Å². The second-order valence-electron chi connectivity index (χ2n) is 7.70. The molecule has 0 radical (unpaired) electrons. The number of benzene rings is 1. The predicted molar refractivity (Wildman–Crippen MR) is 104 cm³/mol. The van der Waals surface area contributed by atoms with Gasteiger partial charge >= 0.3 is 6.03 Å². The van der Waals surface area contributed by atoms with Gasteiger partial charge in [0.2, 0.25) is 11.8 Å². The quantitative estimate of drug-likeness (QED) is 0.801. The number of piperidine rings is 1. The number of carbonyl (C=O) groups is 2. The van der Waals surface area contributed by atoms with E-state index in [1.54, 1.807) is 19.0 Å². The SMILES string of the molecule is CN(C)C(=O)N1CCC(C(=O)N2CCc3oc(-c4ccccc4)nc3C2)CC1. The van der Waals surface area contributed by atoms with Crippen LogP contribution >= 0.6 is 0 Å². The molecule has 4 rings (SSSR count). The summed E-state index contributed by atoms with van der Waals surface area (Å²) in [7, 11) is 3.51. The van der Waals surface area contributed by atoms with E-state index in [0.29, 0.717) is 38.5 Å². The van der Waals surface area contributed by atoms with E-state index in [1.165, 1.54) is 0 Å². The Balaban J connectivity index is 1.39. The van der Waals surface area contributed by atoms with Crippen molar-refractivity contribution in [2.75, 3.05) is 33.7 Å². The molecule has 7 heteroatoms. The van der Waals surface area contributed by atoms with Gasteiger partial charge in [0.05, 0.1) is 6.54 Å². The van der Waals surface area contributed by atoms with Gasteiger partial charge in [0, 0.05) is 51.6 Å². The largest absolute Gasteiger partial charge is 0.441 e. The molecule has 0 saturated carbocycles. The highest BCUT2D eigenvalue weighted by molar-refractivity contribution is 5.80. The fraction of sp³-hybridized carbons (Fsp3) is 0.476. The number of hydrogen-bond acceptors (Lipinski definition) is 4. The number of nitrogens with zero attached hydrogens (tertiary/aromatic N) is 4. The summed E-state index contributed by atoms with van der Waals surface area (Å²) < 4.78 is 5.93. The molecule has 1 fully saturated rings. The van der Waals surface area contributed by atoms with Crippen LogP contribution in [0.5, 0.6) is 0 Å². The van der Waals surface area contributed by atoms with Crippen LogP contribution in [0.1, 0.15) is 24.3 Å². The molecular weight excluding hydrogens is 356 g/mol. The van der Waals surface area contributed by atoms with Crippen molar-refractivity contribution in [2.45, 2.75) is 25.8 Å². The Hall–Kier alpha value is -2.83. The van der Waals surface area contributed by atoms with Gasteiger partial charge in [-0.15, -0.1) is 0 Å². The number of oxazole rings is 1. The van der Waals surface area contributed by atoms with E-state index in [4.69, 9.17) is 4.42 Å². The normalized spacial score (nSPS) is 17.4. The van der Waals surface area contributed by atoms with E-state index in [-0.39, 0.29) is 17.9 Å². The molecule has 0 spiro atoms. The molecule has 1 aromatic heterocycles. The summed E-state index contributed by atoms with van der Waals surface area (Å²) in [5.41, 5.74) is 1.81. The Kier molecular flexibility index (Phi) is 5.07. The molecule has 1 aromatic carbocycles. The van der Waals surface area contributed by atoms with Gasteiger partial charge in [-0.05, 0) is 25.0 Å². The van der Waals surface area contributed by atoms with E-state index in [1.807, 2.05) is 40.1 Å². The molecule has 0 N–H and O–H groups in total. The monoisotopic (exact) mass is 382 g/mol. The Morgan fingerprint density at radius 3 is 2.46 bits per heavy atom. The molecule has 2 aliphatic rings. The number of urea groups is 1. The standard InChI is InChI=1S/C21H26N4O3/c1-23(2)21(27)24-11-8-16(9-12-24)20(26)25-13-10-18-17(14-25)22-19(28-18)15-6-4-3-5-7-15/h3-7,16H,8-14H2,1-2H3. The Bertz CT molecular complexity index is 854. The molecule has 0 aliphatic carbocycles. The Labute approximate surface area is 164 Å². The summed E-state index contributed by atoms with van der Waals surface area (Å²) in [5, 5.41) is 0. The molecule has 28 heavy (non-hydrogen) atoms. The molecular formula is C21H26N4O3. The average molecular weight is 382 g/mol. The summed E-state index contributed by atoms with van der Waals surface area (Å²) in [6.45, 7) is 2.43. The van der Waals surface area contributed by atoms with Crippen LogP contribution in [0.3, 0.4) is 0 Å². The lowest BCUT2D eigenvalue weighted by Crippen LogP contribution is -2.47. The molecule has 0 atom stereocenters. The van der Waals surface area contributed by atoms with Crippen LogP contribution in [0, 0.1) is 5.92 Å². The van der Waals surface area contributed by atoms with Crippen LogP contribution in [0.2, 0.25) is 0 Å². The van der Waals surface area contributed by atoms with E-state index < -0.39 is 0 Å². The van der Waals surface area contributed by atoms with Crippen LogP contribution in [0.4, 0.5) is 4.79 Å². The third-order valence-corrected chi connectivity index (χ3v) is 5.56. The molecule has 148 valence electrons. The summed E-state index contributed by atoms with van der Waals surface area (Å²) in [4.78, 5) is 35.0. The van der Waals surface area contributed by atoms with Crippen LogP contribution in [0.25, 0.3) is 11.5 Å². The molecule has 3 heterocycles. The predicted octanol–water partition coefficient (Wildman–Crippen LogP) is 2.62. The Morgan fingerprint density at radius 1 is 1.07 bits per heavy atom. The lowest BCUT2D eigenvalue weighted by atomic mass is 9.94. The molecule has 2 aromatic rings. The minimum Gasteiger partial charge on any atom is -0.441 e. The number of hydrogen-bond donors (Lipinski definition) is 0. The van der Waals surface area contributed by atoms with E-state index in [2.05, 4.69) is 4.98 Å². The molecule has 2 aliphatic heterocycles. The van der Waals surface area contributed by atoms with Crippen molar-refractivity contribution in [1.82, 2.24) is 19.7 Å². The number of fused-ring (bicyclic) bond motifs is 1. The van der Waals surface area contributed by atoms with Gasteiger partial charge < -0.3 is 19.1 Å². The first-order valence-corrected chi connectivity index (χ1v) is 9.82. The van der Waals surface area contributed by atoms with Gasteiger partial charge in [-0.1, -0.05) is 18.2 Å². The van der Waals surface area contributed by atoms with Crippen molar-refractivity contribution in [3.63, 3.8) is 0 Å². The highest BCUT2D eigenvalue weighted by Crippen LogP contribution is 2.28. The first kappa shape index (κ1) is 18.5. The molecule has 7 nitrogen and oxygen atoms in total. The van der Waals surface area contributed by atoms with E-state index >= 15 is 0 Å². The summed E-state index contributed by atoms with van der Waals surface area (Å²) in [6.07, 6.45) is 2.13. The maximum absolute atomic E-state index is 13.0. The first-order valence-electron chi connectivity index (χ1n) is 9.82. The smallest absolute Gasteiger partial charge is 0.319 e. The van der Waals surface area contributed by atoms with Crippen molar-refractivity contribution >= 4 is 11.9 Å². The molecule has 1 saturated heterocycles. The maximum atomic E-state index is 13.0. The highest BCUT2D eigenvalue weighted by atomic mass is 16.4. The van der Waals surface area contributed by atoms with Crippen molar-refractivity contribution in [2.24, 2.45) is 5.92 Å². The second-order valence-corrected chi connectivity index (χ2v) is 7.70. The minimum atomic E-state index is -0.0201. The van der Waals surface area contributed by atoms with Gasteiger partial charge in [0.25, 0.3) is 0 Å². The lowest BCUT2D eigenvalue weighted by molar-refractivity contribution is -0.138. The van der Waals surface area contributed by atoms with Gasteiger partial charge in [0.1, 0.15) is 11.5 Å². The van der Waals surface area contributed by atoms with Crippen molar-refractivity contribution < 1.29 is 14.0 Å². The van der Waals surface area contributed by atoms with Crippen molar-refractivity contribution in [3.05, 3.63) is 41.8 Å². The van der Waals surface area contributed by atoms with Gasteiger partial charge in [-0.3, -0.25) is 4.79 Å². The zero-order valence-corrected chi connectivity index (χ0v) is 16.4. The summed E-state index contributed by atoms with van der Waals surface area (Å²) in [5.74, 6) is 1.66. The van der Waals surface area contributed by atoms with Crippen LogP contribution in [-0.4, -0.2) is 65.4 Å². The molecule has 0 bridgehead atoms. The topological polar surface area (TPSA) is 69.9 Å². The number of amides is 3. The Morgan fingerprint density at radius 2 is 1.79 bits per heavy atom. The number of carbonyl (C=O) groups excluding carboxylic acids is 2.